The van der Waals surface area contributed by atoms with Gasteiger partial charge in [-0.15, -0.1) is 0 Å². The molecule has 0 aliphatic heterocycles. The van der Waals surface area contributed by atoms with Gasteiger partial charge in [0, 0.05) is 12.8 Å². The first-order valence-corrected chi connectivity index (χ1v) is 9.17. The van der Waals surface area contributed by atoms with Crippen molar-refractivity contribution in [2.24, 2.45) is 5.92 Å². The average molecular weight is 310 g/mol. The summed E-state index contributed by atoms with van der Waals surface area (Å²) in [7, 11) is 0. The lowest BCUT2D eigenvalue weighted by molar-refractivity contribution is -0.127. The number of aldehydes is 2. The zero-order valence-corrected chi connectivity index (χ0v) is 14.4. The van der Waals surface area contributed by atoms with Crippen molar-refractivity contribution in [3.05, 3.63) is 0 Å². The molecule has 22 heavy (non-hydrogen) atoms. The molecule has 0 fully saturated rings. The van der Waals surface area contributed by atoms with Crippen molar-refractivity contribution in [1.82, 2.24) is 0 Å². The largest absolute Gasteiger partial charge is 0.303 e. The van der Waals surface area contributed by atoms with Crippen LogP contribution in [0.3, 0.4) is 0 Å². The fraction of sp³-hybridized carbons (Fsp3) is 0.842. The van der Waals surface area contributed by atoms with Crippen molar-refractivity contribution in [3.8, 4) is 0 Å². The minimum Gasteiger partial charge on any atom is -0.303 e. The van der Waals surface area contributed by atoms with Crippen molar-refractivity contribution in [2.45, 2.75) is 96.8 Å². The standard InChI is InChI=1S/C19H34O3/c1-2-3-4-5-6-7-8-9-12-15-19(22)18(17-21)14-11-10-13-16-20/h16-18H,2-15H2,1H3. The molecule has 0 rings (SSSR count). The maximum absolute atomic E-state index is 11.9. The summed E-state index contributed by atoms with van der Waals surface area (Å²) < 4.78 is 0. The van der Waals surface area contributed by atoms with Gasteiger partial charge >= 0.3 is 0 Å². The van der Waals surface area contributed by atoms with E-state index >= 15 is 0 Å². The van der Waals surface area contributed by atoms with Crippen molar-refractivity contribution >= 4 is 18.4 Å². The first-order chi connectivity index (χ1) is 10.8. The van der Waals surface area contributed by atoms with Crippen LogP contribution in [0, 0.1) is 5.92 Å². The summed E-state index contributed by atoms with van der Waals surface area (Å²) in [4.78, 5) is 33.1. The zero-order valence-electron chi connectivity index (χ0n) is 14.4. The highest BCUT2D eigenvalue weighted by atomic mass is 16.1. The Morgan fingerprint density at radius 3 is 1.95 bits per heavy atom. The molecule has 0 amide bonds. The highest BCUT2D eigenvalue weighted by molar-refractivity contribution is 5.93. The molecule has 0 N–H and O–H groups in total. The second-order valence-corrected chi connectivity index (χ2v) is 6.24. The molecular formula is C19H34O3. The predicted octanol–water partition coefficient (Wildman–Crippen LogP) is 5.05. The minimum atomic E-state index is -0.444. The number of Topliss-reactive ketones (excluding diaryl/α,β-unsaturated/α-hetero) is 1. The Labute approximate surface area is 136 Å². The number of hydrogen-bond acceptors (Lipinski definition) is 3. The Kier molecular flexibility index (Phi) is 15.6. The van der Waals surface area contributed by atoms with E-state index in [1.54, 1.807) is 0 Å². The van der Waals surface area contributed by atoms with Crippen molar-refractivity contribution in [1.29, 1.82) is 0 Å². The number of ketones is 1. The van der Waals surface area contributed by atoms with Gasteiger partial charge < -0.3 is 9.59 Å². The predicted molar refractivity (Wildman–Crippen MR) is 90.9 cm³/mol. The van der Waals surface area contributed by atoms with Crippen LogP contribution in [0.5, 0.6) is 0 Å². The lowest BCUT2D eigenvalue weighted by Crippen LogP contribution is -2.15. The summed E-state index contributed by atoms with van der Waals surface area (Å²) in [5.74, 6) is -0.357. The summed E-state index contributed by atoms with van der Waals surface area (Å²) in [6.07, 6.45) is 16.0. The van der Waals surface area contributed by atoms with E-state index in [0.717, 1.165) is 38.3 Å². The van der Waals surface area contributed by atoms with Crippen LogP contribution in [0.2, 0.25) is 0 Å². The smallest absolute Gasteiger partial charge is 0.143 e. The molecule has 0 aromatic rings. The Hall–Kier alpha value is -0.990. The fourth-order valence-electron chi connectivity index (χ4n) is 2.69. The summed E-state index contributed by atoms with van der Waals surface area (Å²) >= 11 is 0. The van der Waals surface area contributed by atoms with Gasteiger partial charge in [-0.25, -0.2) is 0 Å². The van der Waals surface area contributed by atoms with Crippen LogP contribution in [0.1, 0.15) is 96.8 Å². The molecule has 0 aliphatic rings. The highest BCUT2D eigenvalue weighted by Gasteiger charge is 2.16. The van der Waals surface area contributed by atoms with Gasteiger partial charge in [0.15, 0.2) is 0 Å². The Balaban J connectivity index is 3.52. The third kappa shape index (κ3) is 12.7. The monoisotopic (exact) mass is 310 g/mol. The van der Waals surface area contributed by atoms with Crippen LogP contribution < -0.4 is 0 Å². The summed E-state index contributed by atoms with van der Waals surface area (Å²) in [5.41, 5.74) is 0. The molecule has 3 heteroatoms. The molecule has 0 spiro atoms. The van der Waals surface area contributed by atoms with E-state index in [4.69, 9.17) is 0 Å². The number of rotatable bonds is 17. The first-order valence-electron chi connectivity index (χ1n) is 9.17. The van der Waals surface area contributed by atoms with Gasteiger partial charge in [0.2, 0.25) is 0 Å². The lowest BCUT2D eigenvalue weighted by Gasteiger charge is -2.08. The number of carbonyl (C=O) groups excluding carboxylic acids is 3. The van der Waals surface area contributed by atoms with Gasteiger partial charge in [0.25, 0.3) is 0 Å². The molecule has 0 bridgehead atoms. The Morgan fingerprint density at radius 1 is 0.818 bits per heavy atom. The topological polar surface area (TPSA) is 51.2 Å². The van der Waals surface area contributed by atoms with Gasteiger partial charge in [-0.05, 0) is 19.3 Å². The molecule has 3 nitrogen and oxygen atoms in total. The maximum Gasteiger partial charge on any atom is 0.143 e. The molecule has 1 unspecified atom stereocenters. The van der Waals surface area contributed by atoms with Gasteiger partial charge in [-0.3, -0.25) is 4.79 Å². The third-order valence-corrected chi connectivity index (χ3v) is 4.19. The quantitative estimate of drug-likeness (QED) is 0.214. The SMILES string of the molecule is CCCCCCCCCCCC(=O)C(C=O)CCCCC=O. The molecule has 0 aromatic heterocycles. The van der Waals surface area contributed by atoms with Crippen LogP contribution in [-0.4, -0.2) is 18.4 Å². The number of hydrogen-bond donors (Lipinski definition) is 0. The van der Waals surface area contributed by atoms with Crippen LogP contribution >= 0.6 is 0 Å². The van der Waals surface area contributed by atoms with E-state index in [-0.39, 0.29) is 5.78 Å². The molecule has 0 saturated carbocycles. The minimum absolute atomic E-state index is 0.0871. The van der Waals surface area contributed by atoms with E-state index < -0.39 is 5.92 Å². The molecule has 0 heterocycles. The highest BCUT2D eigenvalue weighted by Crippen LogP contribution is 2.14. The van der Waals surface area contributed by atoms with Gasteiger partial charge in [0.1, 0.15) is 18.4 Å². The third-order valence-electron chi connectivity index (χ3n) is 4.19. The normalized spacial score (nSPS) is 12.0. The molecule has 128 valence electrons. The molecule has 0 saturated heterocycles. The molecule has 0 aliphatic carbocycles. The molecule has 0 radical (unpaired) electrons. The molecule has 0 aromatic carbocycles. The fourth-order valence-corrected chi connectivity index (χ4v) is 2.69. The number of carbonyl (C=O) groups is 3. The maximum atomic E-state index is 11.9. The van der Waals surface area contributed by atoms with Crippen molar-refractivity contribution in [2.75, 3.05) is 0 Å². The van der Waals surface area contributed by atoms with Gasteiger partial charge in [-0.1, -0.05) is 64.7 Å². The summed E-state index contributed by atoms with van der Waals surface area (Å²) in [6, 6.07) is 0. The van der Waals surface area contributed by atoms with Crippen LogP contribution in [0.25, 0.3) is 0 Å². The van der Waals surface area contributed by atoms with Crippen LogP contribution in [-0.2, 0) is 14.4 Å². The molecular weight excluding hydrogens is 276 g/mol. The van der Waals surface area contributed by atoms with Gasteiger partial charge in [0.05, 0.1) is 5.92 Å². The van der Waals surface area contributed by atoms with E-state index in [1.807, 2.05) is 0 Å². The van der Waals surface area contributed by atoms with Crippen molar-refractivity contribution < 1.29 is 14.4 Å². The van der Waals surface area contributed by atoms with E-state index in [1.165, 1.54) is 44.9 Å². The van der Waals surface area contributed by atoms with Crippen molar-refractivity contribution in [3.63, 3.8) is 0 Å². The average Bonchev–Trinajstić information content (AvgIpc) is 2.53. The van der Waals surface area contributed by atoms with E-state index in [0.29, 0.717) is 19.3 Å². The summed E-state index contributed by atoms with van der Waals surface area (Å²) in [6.45, 7) is 2.23. The first kappa shape index (κ1) is 21.0. The molecule has 1 atom stereocenters. The summed E-state index contributed by atoms with van der Waals surface area (Å²) in [5, 5.41) is 0. The van der Waals surface area contributed by atoms with Gasteiger partial charge in [-0.2, -0.15) is 0 Å². The van der Waals surface area contributed by atoms with Crippen LogP contribution in [0.4, 0.5) is 0 Å². The van der Waals surface area contributed by atoms with E-state index in [2.05, 4.69) is 6.92 Å². The second kappa shape index (κ2) is 16.4. The number of unbranched alkanes of at least 4 members (excludes halogenated alkanes) is 10. The second-order valence-electron chi connectivity index (χ2n) is 6.24. The van der Waals surface area contributed by atoms with Crippen LogP contribution in [0.15, 0.2) is 0 Å². The van der Waals surface area contributed by atoms with E-state index in [9.17, 15) is 14.4 Å². The lowest BCUT2D eigenvalue weighted by atomic mass is 9.94. The Bertz CT molecular complexity index is 286. The zero-order chi connectivity index (χ0) is 16.5. The Morgan fingerprint density at radius 2 is 1.41 bits per heavy atom.